The highest BCUT2D eigenvalue weighted by atomic mass is 16.4. The summed E-state index contributed by atoms with van der Waals surface area (Å²) in [7, 11) is 0. The molecule has 1 aromatic rings. The zero-order valence-corrected chi connectivity index (χ0v) is 20.7. The number of carbonyl (C=O) groups is 5. The third-order valence-electron chi connectivity index (χ3n) is 5.29. The van der Waals surface area contributed by atoms with Gasteiger partial charge in [0.15, 0.2) is 5.96 Å². The minimum Gasteiger partial charge on any atom is -0.481 e. The van der Waals surface area contributed by atoms with E-state index in [1.807, 2.05) is 0 Å². The van der Waals surface area contributed by atoms with Gasteiger partial charge in [0.2, 0.25) is 17.7 Å². The molecule has 0 saturated heterocycles. The van der Waals surface area contributed by atoms with Crippen molar-refractivity contribution < 1.29 is 39.3 Å². The number of benzene rings is 1. The second-order valence-corrected chi connectivity index (χ2v) is 8.38. The predicted molar refractivity (Wildman–Crippen MR) is 135 cm³/mol. The van der Waals surface area contributed by atoms with Crippen molar-refractivity contribution in [3.8, 4) is 0 Å². The van der Waals surface area contributed by atoms with Crippen molar-refractivity contribution >= 4 is 35.6 Å². The van der Waals surface area contributed by atoms with E-state index in [0.29, 0.717) is 5.56 Å². The summed E-state index contributed by atoms with van der Waals surface area (Å²) in [6.45, 7) is -0.548. The van der Waals surface area contributed by atoms with Crippen LogP contribution in [0.3, 0.4) is 0 Å². The van der Waals surface area contributed by atoms with Crippen molar-refractivity contribution in [1.82, 2.24) is 16.0 Å². The molecule has 15 nitrogen and oxygen atoms in total. The van der Waals surface area contributed by atoms with Crippen molar-refractivity contribution in [2.75, 3.05) is 13.2 Å². The van der Waals surface area contributed by atoms with Crippen LogP contribution in [0.2, 0.25) is 0 Å². The summed E-state index contributed by atoms with van der Waals surface area (Å²) in [6.07, 6.45) is -0.656. The smallest absolute Gasteiger partial charge is 0.326 e. The van der Waals surface area contributed by atoms with Crippen molar-refractivity contribution in [2.45, 2.75) is 56.3 Å². The predicted octanol–water partition coefficient (Wildman–Crippen LogP) is -2.99. The normalized spacial score (nSPS) is 13.7. The van der Waals surface area contributed by atoms with Crippen molar-refractivity contribution in [2.24, 2.45) is 22.2 Å². The molecule has 0 aliphatic heterocycles. The minimum absolute atomic E-state index is 0.0121. The molecular weight excluding hydrogens is 502 g/mol. The number of aliphatic hydroxyl groups excluding tert-OH is 1. The quantitative estimate of drug-likeness (QED) is 0.0548. The highest BCUT2D eigenvalue weighted by molar-refractivity contribution is 5.94. The fraction of sp³-hybridized carbons (Fsp3) is 0.478. The fourth-order valence-electron chi connectivity index (χ4n) is 3.26. The molecule has 1 rings (SSSR count). The highest BCUT2D eigenvalue weighted by Gasteiger charge is 2.30. The molecule has 0 heterocycles. The molecule has 12 N–H and O–H groups in total. The molecule has 210 valence electrons. The zero-order chi connectivity index (χ0) is 28.7. The molecule has 0 aliphatic carbocycles. The van der Waals surface area contributed by atoms with Gasteiger partial charge in [0.05, 0.1) is 6.61 Å². The van der Waals surface area contributed by atoms with Gasteiger partial charge < -0.3 is 48.5 Å². The van der Waals surface area contributed by atoms with Crippen LogP contribution in [0.1, 0.15) is 31.2 Å². The number of aliphatic imine (C=N–C) groups is 1. The Hall–Kier alpha value is -4.24. The third-order valence-corrected chi connectivity index (χ3v) is 5.29. The topological polar surface area (TPSA) is 273 Å². The molecule has 4 atom stereocenters. The number of nitrogens with zero attached hydrogens (tertiary/aromatic N) is 1. The summed E-state index contributed by atoms with van der Waals surface area (Å²) in [5, 5.41) is 34.6. The minimum atomic E-state index is -1.52. The first kappa shape index (κ1) is 31.8. The van der Waals surface area contributed by atoms with Crippen LogP contribution in [0.4, 0.5) is 0 Å². The second-order valence-electron chi connectivity index (χ2n) is 8.38. The van der Waals surface area contributed by atoms with Crippen LogP contribution in [0, 0.1) is 0 Å². The van der Waals surface area contributed by atoms with Gasteiger partial charge in [-0.3, -0.25) is 24.2 Å². The van der Waals surface area contributed by atoms with Crippen LogP contribution in [0.15, 0.2) is 35.3 Å². The van der Waals surface area contributed by atoms with E-state index >= 15 is 0 Å². The first-order valence-corrected chi connectivity index (χ1v) is 11.8. The van der Waals surface area contributed by atoms with Crippen LogP contribution >= 0.6 is 0 Å². The Kier molecular flexibility index (Phi) is 13.8. The van der Waals surface area contributed by atoms with Gasteiger partial charge in [-0.05, 0) is 24.8 Å². The van der Waals surface area contributed by atoms with Gasteiger partial charge in [-0.15, -0.1) is 0 Å². The first-order valence-electron chi connectivity index (χ1n) is 11.8. The summed E-state index contributed by atoms with van der Waals surface area (Å²) >= 11 is 0. The zero-order valence-electron chi connectivity index (χ0n) is 20.7. The number of guanidine groups is 1. The van der Waals surface area contributed by atoms with E-state index in [0.717, 1.165) is 0 Å². The number of nitrogens with two attached hydrogens (primary N) is 3. The van der Waals surface area contributed by atoms with Gasteiger partial charge in [0.25, 0.3) is 0 Å². The number of rotatable bonds is 17. The van der Waals surface area contributed by atoms with Gasteiger partial charge in [0.1, 0.15) is 24.2 Å². The van der Waals surface area contributed by atoms with Gasteiger partial charge >= 0.3 is 11.9 Å². The van der Waals surface area contributed by atoms with E-state index in [2.05, 4.69) is 20.9 Å². The largest absolute Gasteiger partial charge is 0.481 e. The molecule has 0 bridgehead atoms. The fourth-order valence-corrected chi connectivity index (χ4v) is 3.26. The van der Waals surface area contributed by atoms with Crippen LogP contribution in [0.25, 0.3) is 0 Å². The van der Waals surface area contributed by atoms with Crippen molar-refractivity contribution in [1.29, 1.82) is 0 Å². The van der Waals surface area contributed by atoms with E-state index < -0.39 is 66.9 Å². The second kappa shape index (κ2) is 16.5. The standard InChI is InChI=1S/C23H35N7O8/c24-14(12-31)19(34)30-17(11-13-5-2-1-3-6-13)21(36)28-15(7-4-10-27-23(25)26)20(35)29-16(22(37)38)8-9-18(32)33/h1-3,5-6,14-17,31H,4,7-12,24H2,(H,28,36)(H,29,35)(H,30,34)(H,32,33)(H,37,38)(H4,25,26,27). The molecule has 38 heavy (non-hydrogen) atoms. The number of carboxylic acid groups (broad SMARTS) is 2. The Morgan fingerprint density at radius 2 is 1.42 bits per heavy atom. The molecular formula is C23H35N7O8. The first-order chi connectivity index (χ1) is 17.9. The number of aliphatic carboxylic acids is 2. The summed E-state index contributed by atoms with van der Waals surface area (Å²) in [5.74, 6) is -5.31. The number of carboxylic acids is 2. The lowest BCUT2D eigenvalue weighted by Crippen LogP contribution is -2.58. The SMILES string of the molecule is NC(N)=NCCCC(NC(=O)C(Cc1ccccc1)NC(=O)C(N)CO)C(=O)NC(CCC(=O)O)C(=O)O. The van der Waals surface area contributed by atoms with E-state index in [1.165, 1.54) is 0 Å². The van der Waals surface area contributed by atoms with E-state index in [4.69, 9.17) is 22.3 Å². The lowest BCUT2D eigenvalue weighted by molar-refractivity contribution is -0.143. The molecule has 4 unspecified atom stereocenters. The molecule has 0 radical (unpaired) electrons. The molecule has 0 saturated carbocycles. The lowest BCUT2D eigenvalue weighted by atomic mass is 10.0. The van der Waals surface area contributed by atoms with Crippen LogP contribution < -0.4 is 33.2 Å². The van der Waals surface area contributed by atoms with Gasteiger partial charge in [-0.2, -0.15) is 0 Å². The Morgan fingerprint density at radius 1 is 0.842 bits per heavy atom. The molecule has 0 spiro atoms. The van der Waals surface area contributed by atoms with Crippen molar-refractivity contribution in [3.63, 3.8) is 0 Å². The molecule has 15 heteroatoms. The van der Waals surface area contributed by atoms with E-state index in [-0.39, 0.29) is 38.2 Å². The summed E-state index contributed by atoms with van der Waals surface area (Å²) in [5.41, 5.74) is 16.8. The van der Waals surface area contributed by atoms with Crippen molar-refractivity contribution in [3.05, 3.63) is 35.9 Å². The maximum Gasteiger partial charge on any atom is 0.326 e. The lowest BCUT2D eigenvalue weighted by Gasteiger charge is -2.25. The Bertz CT molecular complexity index is 985. The number of hydrogen-bond acceptors (Lipinski definition) is 8. The van der Waals surface area contributed by atoms with Gasteiger partial charge in [-0.1, -0.05) is 30.3 Å². The van der Waals surface area contributed by atoms with Crippen LogP contribution in [0.5, 0.6) is 0 Å². The maximum atomic E-state index is 13.2. The number of hydrogen-bond donors (Lipinski definition) is 9. The Labute approximate surface area is 218 Å². The van der Waals surface area contributed by atoms with Gasteiger partial charge in [-0.25, -0.2) is 4.79 Å². The molecule has 0 aliphatic rings. The summed E-state index contributed by atoms with van der Waals surface area (Å²) in [4.78, 5) is 64.7. The summed E-state index contributed by atoms with van der Waals surface area (Å²) < 4.78 is 0. The Morgan fingerprint density at radius 3 is 1.97 bits per heavy atom. The maximum absolute atomic E-state index is 13.2. The molecule has 1 aromatic carbocycles. The number of aliphatic hydroxyl groups is 1. The highest BCUT2D eigenvalue weighted by Crippen LogP contribution is 2.07. The molecule has 0 aromatic heterocycles. The molecule has 0 fully saturated rings. The third kappa shape index (κ3) is 12.1. The monoisotopic (exact) mass is 537 g/mol. The average Bonchev–Trinajstić information content (AvgIpc) is 2.87. The van der Waals surface area contributed by atoms with E-state index in [1.54, 1.807) is 30.3 Å². The number of nitrogens with one attached hydrogen (secondary N) is 3. The average molecular weight is 538 g/mol. The summed E-state index contributed by atoms with van der Waals surface area (Å²) in [6, 6.07) is 3.39. The van der Waals surface area contributed by atoms with Gasteiger partial charge in [0, 0.05) is 19.4 Å². The van der Waals surface area contributed by atoms with E-state index in [9.17, 15) is 34.2 Å². The number of carbonyl (C=O) groups excluding carboxylic acids is 3. The van der Waals surface area contributed by atoms with Crippen LogP contribution in [-0.2, 0) is 30.4 Å². The number of amides is 3. The molecule has 3 amide bonds. The van der Waals surface area contributed by atoms with Crippen LogP contribution in [-0.4, -0.2) is 88.3 Å². The Balaban J connectivity index is 3.12.